The van der Waals surface area contributed by atoms with Crippen molar-refractivity contribution in [2.24, 2.45) is 5.92 Å². The van der Waals surface area contributed by atoms with E-state index in [0.717, 1.165) is 19.3 Å². The molecule has 1 saturated carbocycles. The Morgan fingerprint density at radius 1 is 0.581 bits per heavy atom. The van der Waals surface area contributed by atoms with Crippen LogP contribution in [-0.4, -0.2) is 18.8 Å². The zero-order chi connectivity index (χ0) is 21.1. The van der Waals surface area contributed by atoms with E-state index in [1.165, 1.54) is 16.7 Å². The maximum Gasteiger partial charge on any atom is 0.0891 e. The van der Waals surface area contributed by atoms with Crippen LogP contribution in [0.15, 0.2) is 91.0 Å². The predicted molar refractivity (Wildman–Crippen MR) is 123 cm³/mol. The molecular formula is C28H32O3. The largest absolute Gasteiger partial charge is 0.376 e. The lowest BCUT2D eigenvalue weighted by Gasteiger charge is -2.38. The van der Waals surface area contributed by atoms with Crippen LogP contribution in [0.4, 0.5) is 0 Å². The Morgan fingerprint density at radius 3 is 1.68 bits per heavy atom. The van der Waals surface area contributed by atoms with Crippen molar-refractivity contribution in [3.63, 3.8) is 0 Å². The molecule has 1 aliphatic carbocycles. The lowest BCUT2D eigenvalue weighted by molar-refractivity contribution is -0.140. The van der Waals surface area contributed by atoms with E-state index >= 15 is 0 Å². The highest BCUT2D eigenvalue weighted by molar-refractivity contribution is 5.15. The zero-order valence-electron chi connectivity index (χ0n) is 18.1. The number of hydrogen-bond acceptors (Lipinski definition) is 3. The fourth-order valence-electron chi connectivity index (χ4n) is 4.26. The molecule has 162 valence electrons. The third-order valence-corrected chi connectivity index (χ3v) is 5.93. The lowest BCUT2D eigenvalue weighted by atomic mass is 9.84. The topological polar surface area (TPSA) is 27.7 Å². The minimum Gasteiger partial charge on any atom is -0.376 e. The molecule has 0 heterocycles. The molecule has 0 aromatic heterocycles. The van der Waals surface area contributed by atoms with Gasteiger partial charge in [0.05, 0.1) is 38.6 Å². The highest BCUT2D eigenvalue weighted by Gasteiger charge is 2.35. The summed E-state index contributed by atoms with van der Waals surface area (Å²) in [6.07, 6.45) is 3.40. The van der Waals surface area contributed by atoms with Crippen LogP contribution < -0.4 is 0 Å². The summed E-state index contributed by atoms with van der Waals surface area (Å²) >= 11 is 0. The van der Waals surface area contributed by atoms with Crippen LogP contribution in [0.3, 0.4) is 0 Å². The molecule has 3 nitrogen and oxygen atoms in total. The Hall–Kier alpha value is -2.46. The van der Waals surface area contributed by atoms with Crippen LogP contribution in [0, 0.1) is 5.92 Å². The van der Waals surface area contributed by atoms with Gasteiger partial charge in [-0.25, -0.2) is 0 Å². The Labute approximate surface area is 186 Å². The summed E-state index contributed by atoms with van der Waals surface area (Å²) in [7, 11) is 0. The molecule has 1 fully saturated rings. The van der Waals surface area contributed by atoms with E-state index in [2.05, 4.69) is 72.8 Å². The van der Waals surface area contributed by atoms with Gasteiger partial charge in [0.2, 0.25) is 0 Å². The van der Waals surface area contributed by atoms with Crippen LogP contribution in [0.25, 0.3) is 0 Å². The first-order chi connectivity index (χ1) is 15.4. The van der Waals surface area contributed by atoms with E-state index in [-0.39, 0.29) is 12.2 Å². The van der Waals surface area contributed by atoms with Crippen molar-refractivity contribution in [3.8, 4) is 0 Å². The second-order valence-corrected chi connectivity index (χ2v) is 8.29. The van der Waals surface area contributed by atoms with E-state index < -0.39 is 0 Å². The Bertz CT molecular complexity index is 867. The fourth-order valence-corrected chi connectivity index (χ4v) is 4.26. The molecule has 0 bridgehead atoms. The van der Waals surface area contributed by atoms with Crippen LogP contribution >= 0.6 is 0 Å². The van der Waals surface area contributed by atoms with Crippen molar-refractivity contribution in [3.05, 3.63) is 108 Å². The van der Waals surface area contributed by atoms with Gasteiger partial charge in [-0.2, -0.15) is 0 Å². The molecule has 4 rings (SSSR count). The number of benzene rings is 3. The summed E-state index contributed by atoms with van der Waals surface area (Å²) in [6.45, 7) is 2.55. The van der Waals surface area contributed by atoms with Crippen LogP contribution in [0.5, 0.6) is 0 Å². The highest BCUT2D eigenvalue weighted by atomic mass is 16.5. The Kier molecular flexibility index (Phi) is 8.29. The maximum atomic E-state index is 6.48. The molecule has 0 saturated heterocycles. The zero-order valence-corrected chi connectivity index (χ0v) is 18.1. The van der Waals surface area contributed by atoms with Crippen molar-refractivity contribution >= 4 is 0 Å². The molecule has 3 unspecified atom stereocenters. The predicted octanol–water partition coefficient (Wildman–Crippen LogP) is 6.17. The summed E-state index contributed by atoms with van der Waals surface area (Å²) in [6, 6.07) is 31.1. The highest BCUT2D eigenvalue weighted by Crippen LogP contribution is 2.31. The molecule has 0 amide bonds. The van der Waals surface area contributed by atoms with Crippen molar-refractivity contribution < 1.29 is 14.2 Å². The molecule has 3 aromatic rings. The molecule has 0 radical (unpaired) electrons. The number of ether oxygens (including phenoxy) is 3. The quantitative estimate of drug-likeness (QED) is 0.395. The average Bonchev–Trinajstić information content (AvgIpc) is 2.84. The van der Waals surface area contributed by atoms with E-state index in [0.29, 0.717) is 32.3 Å². The molecule has 31 heavy (non-hydrogen) atoms. The molecule has 0 aliphatic heterocycles. The summed E-state index contributed by atoms with van der Waals surface area (Å²) in [5.74, 6) is 0.335. The van der Waals surface area contributed by atoms with Gasteiger partial charge in [-0.15, -0.1) is 0 Å². The summed E-state index contributed by atoms with van der Waals surface area (Å²) < 4.78 is 19.0. The van der Waals surface area contributed by atoms with E-state index in [4.69, 9.17) is 14.2 Å². The molecule has 0 spiro atoms. The molecule has 0 N–H and O–H groups in total. The molecular weight excluding hydrogens is 384 g/mol. The molecule has 3 aromatic carbocycles. The van der Waals surface area contributed by atoms with Crippen LogP contribution in [-0.2, 0) is 34.0 Å². The van der Waals surface area contributed by atoms with Gasteiger partial charge in [0.1, 0.15) is 0 Å². The van der Waals surface area contributed by atoms with Gasteiger partial charge in [-0.05, 0) is 29.5 Å². The van der Waals surface area contributed by atoms with Gasteiger partial charge in [-0.1, -0.05) is 97.4 Å². The molecule has 3 heteroatoms. The number of hydrogen-bond donors (Lipinski definition) is 0. The van der Waals surface area contributed by atoms with Gasteiger partial charge in [0.15, 0.2) is 0 Å². The first-order valence-corrected chi connectivity index (χ1v) is 11.3. The van der Waals surface area contributed by atoms with Crippen LogP contribution in [0.1, 0.15) is 36.0 Å². The third kappa shape index (κ3) is 6.76. The Balaban J connectivity index is 1.38. The first kappa shape index (κ1) is 21.8. The minimum absolute atomic E-state index is 0.0356. The van der Waals surface area contributed by atoms with Crippen LogP contribution in [0.2, 0.25) is 0 Å². The fraction of sp³-hybridized carbons (Fsp3) is 0.357. The van der Waals surface area contributed by atoms with E-state index in [1.54, 1.807) is 0 Å². The SMILES string of the molecule is c1ccc(COCC2CCCC(OCc3ccccc3)C2OCc2ccccc2)cc1. The first-order valence-electron chi connectivity index (χ1n) is 11.3. The van der Waals surface area contributed by atoms with Crippen molar-refractivity contribution in [2.75, 3.05) is 6.61 Å². The summed E-state index contributed by atoms with van der Waals surface area (Å²) in [4.78, 5) is 0. The molecule has 3 atom stereocenters. The van der Waals surface area contributed by atoms with Gasteiger partial charge in [-0.3, -0.25) is 0 Å². The van der Waals surface area contributed by atoms with Gasteiger partial charge >= 0.3 is 0 Å². The van der Waals surface area contributed by atoms with Crippen molar-refractivity contribution in [1.82, 2.24) is 0 Å². The summed E-state index contributed by atoms with van der Waals surface area (Å²) in [5, 5.41) is 0. The smallest absolute Gasteiger partial charge is 0.0891 e. The minimum atomic E-state index is 0.0356. The van der Waals surface area contributed by atoms with Gasteiger partial charge in [0.25, 0.3) is 0 Å². The van der Waals surface area contributed by atoms with Gasteiger partial charge in [0, 0.05) is 5.92 Å². The van der Waals surface area contributed by atoms with Crippen molar-refractivity contribution in [1.29, 1.82) is 0 Å². The van der Waals surface area contributed by atoms with E-state index in [9.17, 15) is 0 Å². The second kappa shape index (κ2) is 11.8. The normalized spacial score (nSPS) is 21.1. The monoisotopic (exact) mass is 416 g/mol. The average molecular weight is 417 g/mol. The van der Waals surface area contributed by atoms with Crippen molar-refractivity contribution in [2.45, 2.75) is 51.3 Å². The molecule has 1 aliphatic rings. The standard InChI is InChI=1S/C28H32O3/c1-4-11-23(12-5-1)19-29-22-26-17-10-18-27(30-20-24-13-6-2-7-14-24)28(26)31-21-25-15-8-3-9-16-25/h1-9,11-16,26-28H,10,17-22H2. The van der Waals surface area contributed by atoms with Gasteiger partial charge < -0.3 is 14.2 Å². The third-order valence-electron chi connectivity index (χ3n) is 5.93. The van der Waals surface area contributed by atoms with E-state index in [1.807, 2.05) is 18.2 Å². The summed E-state index contributed by atoms with van der Waals surface area (Å²) in [5.41, 5.74) is 3.60. The maximum absolute atomic E-state index is 6.48. The Morgan fingerprint density at radius 2 is 1.10 bits per heavy atom. The lowest BCUT2D eigenvalue weighted by Crippen LogP contribution is -2.43. The number of rotatable bonds is 10. The second-order valence-electron chi connectivity index (χ2n) is 8.29.